The highest BCUT2D eigenvalue weighted by Crippen LogP contribution is 2.34. The number of allylic oxidation sites excluding steroid dienone is 1. The number of fused-ring (bicyclic) bond motifs is 3. The van der Waals surface area contributed by atoms with Crippen LogP contribution in [0.25, 0.3) is 22.9 Å². The van der Waals surface area contributed by atoms with Gasteiger partial charge in [-0.2, -0.15) is 0 Å². The molecule has 1 aromatic carbocycles. The third kappa shape index (κ3) is 2.96. The maximum Gasteiger partial charge on any atom is 0.187 e. The molecular weight excluding hydrogens is 378 g/mol. The standard InChI is InChI=1S/C23H21N5S/c1-27-9-7-19-21(14-27)29-23(25-19)26-20-12-18(13-28-10-8-24-22(20)28)17-6-5-15-3-2-4-16(15)11-17/h2-3,5-6,8,10-13H,4,7,9,14H2,1H3,(H,25,26). The van der Waals surface area contributed by atoms with Crippen LogP contribution in [0, 0.1) is 0 Å². The Kier molecular flexibility index (Phi) is 3.82. The SMILES string of the molecule is CN1CCc2nc(Nc3cc(-c4ccc5c(c4)CC=C5)cn4ccnc34)sc2C1. The van der Waals surface area contributed by atoms with E-state index in [4.69, 9.17) is 4.98 Å². The van der Waals surface area contributed by atoms with Gasteiger partial charge in [-0.25, -0.2) is 9.97 Å². The molecule has 0 atom stereocenters. The fourth-order valence-electron chi connectivity index (χ4n) is 4.21. The molecule has 0 unspecified atom stereocenters. The average molecular weight is 400 g/mol. The third-order valence-electron chi connectivity index (χ3n) is 5.76. The fraction of sp³-hybridized carbons (Fsp3) is 0.217. The summed E-state index contributed by atoms with van der Waals surface area (Å²) < 4.78 is 2.09. The normalized spacial score (nSPS) is 15.6. The van der Waals surface area contributed by atoms with Gasteiger partial charge in [-0.1, -0.05) is 30.4 Å². The number of rotatable bonds is 3. The molecule has 5 nitrogen and oxygen atoms in total. The lowest BCUT2D eigenvalue weighted by atomic mass is 10.0. The third-order valence-corrected chi connectivity index (χ3v) is 6.76. The zero-order valence-corrected chi connectivity index (χ0v) is 17.0. The summed E-state index contributed by atoms with van der Waals surface area (Å²) in [6, 6.07) is 8.91. The van der Waals surface area contributed by atoms with Crippen LogP contribution < -0.4 is 5.32 Å². The van der Waals surface area contributed by atoms with Crippen molar-refractivity contribution in [3.8, 4) is 11.1 Å². The molecule has 4 aromatic rings. The summed E-state index contributed by atoms with van der Waals surface area (Å²) in [6.07, 6.45) is 12.5. The fourth-order valence-corrected chi connectivity index (χ4v) is 5.31. The highest BCUT2D eigenvalue weighted by Gasteiger charge is 2.19. The quantitative estimate of drug-likeness (QED) is 0.540. The van der Waals surface area contributed by atoms with Gasteiger partial charge in [0.15, 0.2) is 10.8 Å². The summed E-state index contributed by atoms with van der Waals surface area (Å²) in [5, 5.41) is 4.51. The number of anilines is 2. The second-order valence-electron chi connectivity index (χ2n) is 7.82. The Labute approximate surface area is 173 Å². The molecule has 1 aliphatic heterocycles. The average Bonchev–Trinajstić information content (AvgIpc) is 3.45. The molecule has 3 aromatic heterocycles. The van der Waals surface area contributed by atoms with Gasteiger partial charge < -0.3 is 14.6 Å². The Morgan fingerprint density at radius 2 is 2.14 bits per heavy atom. The van der Waals surface area contributed by atoms with Crippen LogP contribution in [-0.2, 0) is 19.4 Å². The highest BCUT2D eigenvalue weighted by molar-refractivity contribution is 7.15. The Hall–Kier alpha value is -2.96. The van der Waals surface area contributed by atoms with Gasteiger partial charge in [0.05, 0.1) is 11.4 Å². The molecule has 0 radical (unpaired) electrons. The molecule has 6 rings (SSSR count). The van der Waals surface area contributed by atoms with Gasteiger partial charge in [0.1, 0.15) is 0 Å². The molecule has 2 aliphatic rings. The first-order valence-corrected chi connectivity index (χ1v) is 10.8. The Morgan fingerprint density at radius 3 is 3.10 bits per heavy atom. The molecule has 4 heterocycles. The maximum absolute atomic E-state index is 4.86. The lowest BCUT2D eigenvalue weighted by molar-refractivity contribution is 0.314. The predicted molar refractivity (Wildman–Crippen MR) is 119 cm³/mol. The van der Waals surface area contributed by atoms with Gasteiger partial charge in [0.2, 0.25) is 0 Å². The smallest absolute Gasteiger partial charge is 0.187 e. The molecule has 29 heavy (non-hydrogen) atoms. The number of hydrogen-bond donors (Lipinski definition) is 1. The molecule has 1 aliphatic carbocycles. The molecule has 0 spiro atoms. The molecule has 0 bridgehead atoms. The van der Waals surface area contributed by atoms with E-state index in [2.05, 4.69) is 69.3 Å². The summed E-state index contributed by atoms with van der Waals surface area (Å²) in [5.74, 6) is 0. The van der Waals surface area contributed by atoms with E-state index >= 15 is 0 Å². The molecule has 144 valence electrons. The maximum atomic E-state index is 4.86. The van der Waals surface area contributed by atoms with E-state index in [0.29, 0.717) is 0 Å². The first-order valence-electron chi connectivity index (χ1n) is 9.94. The van der Waals surface area contributed by atoms with Crippen molar-refractivity contribution in [2.24, 2.45) is 0 Å². The van der Waals surface area contributed by atoms with Crippen LogP contribution in [0.3, 0.4) is 0 Å². The lowest BCUT2D eigenvalue weighted by Crippen LogP contribution is -2.25. The largest absolute Gasteiger partial charge is 0.328 e. The number of hydrogen-bond acceptors (Lipinski definition) is 5. The molecule has 0 fully saturated rings. The number of benzene rings is 1. The van der Waals surface area contributed by atoms with E-state index < -0.39 is 0 Å². The molecular formula is C23H21N5S. The van der Waals surface area contributed by atoms with Gasteiger partial charge >= 0.3 is 0 Å². The zero-order valence-electron chi connectivity index (χ0n) is 16.2. The molecule has 6 heteroatoms. The van der Waals surface area contributed by atoms with Crippen molar-refractivity contribution in [1.29, 1.82) is 0 Å². The van der Waals surface area contributed by atoms with Crippen molar-refractivity contribution in [1.82, 2.24) is 19.3 Å². The first-order chi connectivity index (χ1) is 14.2. The van der Waals surface area contributed by atoms with E-state index in [1.165, 1.54) is 32.8 Å². The second-order valence-corrected chi connectivity index (χ2v) is 8.91. The van der Waals surface area contributed by atoms with E-state index in [9.17, 15) is 0 Å². The number of aromatic nitrogens is 3. The lowest BCUT2D eigenvalue weighted by Gasteiger charge is -2.20. The van der Waals surface area contributed by atoms with Gasteiger partial charge in [0.25, 0.3) is 0 Å². The molecule has 0 saturated carbocycles. The summed E-state index contributed by atoms with van der Waals surface area (Å²) >= 11 is 1.75. The minimum atomic E-state index is 0.918. The number of pyridine rings is 1. The van der Waals surface area contributed by atoms with Crippen molar-refractivity contribution in [2.75, 3.05) is 18.9 Å². The van der Waals surface area contributed by atoms with Gasteiger partial charge in [0, 0.05) is 48.5 Å². The van der Waals surface area contributed by atoms with Gasteiger partial charge in [-0.3, -0.25) is 0 Å². The molecule has 0 amide bonds. The monoisotopic (exact) mass is 399 g/mol. The number of imidazole rings is 1. The van der Waals surface area contributed by atoms with E-state index in [1.54, 1.807) is 11.3 Å². The van der Waals surface area contributed by atoms with Crippen molar-refractivity contribution in [2.45, 2.75) is 19.4 Å². The van der Waals surface area contributed by atoms with E-state index in [1.807, 2.05) is 12.4 Å². The Balaban J connectivity index is 1.40. The second kappa shape index (κ2) is 6.54. The number of likely N-dealkylation sites (N-methyl/N-ethyl adjacent to an activating group) is 1. The van der Waals surface area contributed by atoms with Crippen LogP contribution in [0.1, 0.15) is 21.7 Å². The first kappa shape index (κ1) is 16.9. The van der Waals surface area contributed by atoms with Crippen molar-refractivity contribution in [3.63, 3.8) is 0 Å². The Bertz CT molecular complexity index is 1270. The van der Waals surface area contributed by atoms with Crippen molar-refractivity contribution < 1.29 is 0 Å². The summed E-state index contributed by atoms with van der Waals surface area (Å²) in [5.41, 5.74) is 8.26. The van der Waals surface area contributed by atoms with Crippen LogP contribution in [0.5, 0.6) is 0 Å². The van der Waals surface area contributed by atoms with Crippen LogP contribution in [-0.4, -0.2) is 32.9 Å². The molecule has 0 saturated heterocycles. The minimum absolute atomic E-state index is 0.918. The van der Waals surface area contributed by atoms with E-state index in [-0.39, 0.29) is 0 Å². The zero-order chi connectivity index (χ0) is 19.4. The number of nitrogens with zero attached hydrogens (tertiary/aromatic N) is 4. The summed E-state index contributed by atoms with van der Waals surface area (Å²) in [7, 11) is 2.17. The topological polar surface area (TPSA) is 45.5 Å². The number of thiazole rings is 1. The van der Waals surface area contributed by atoms with Crippen molar-refractivity contribution in [3.05, 3.63) is 70.6 Å². The van der Waals surface area contributed by atoms with E-state index in [0.717, 1.165) is 42.4 Å². The Morgan fingerprint density at radius 1 is 1.17 bits per heavy atom. The predicted octanol–water partition coefficient (Wildman–Crippen LogP) is 4.76. The summed E-state index contributed by atoms with van der Waals surface area (Å²) in [4.78, 5) is 13.1. The van der Waals surface area contributed by atoms with Crippen LogP contribution in [0.2, 0.25) is 0 Å². The van der Waals surface area contributed by atoms with Gasteiger partial charge in [-0.05, 0) is 36.2 Å². The van der Waals surface area contributed by atoms with Gasteiger partial charge in [-0.15, -0.1) is 11.3 Å². The van der Waals surface area contributed by atoms with Crippen LogP contribution in [0.4, 0.5) is 10.8 Å². The molecule has 1 N–H and O–H groups in total. The highest BCUT2D eigenvalue weighted by atomic mass is 32.1. The summed E-state index contributed by atoms with van der Waals surface area (Å²) in [6.45, 7) is 2.06. The van der Waals surface area contributed by atoms with Crippen molar-refractivity contribution >= 4 is 33.9 Å². The minimum Gasteiger partial charge on any atom is -0.328 e. The van der Waals surface area contributed by atoms with Crippen LogP contribution in [0.15, 0.2) is 48.9 Å². The number of nitrogens with one attached hydrogen (secondary N) is 1. The van der Waals surface area contributed by atoms with Crippen LogP contribution >= 0.6 is 11.3 Å².